The van der Waals surface area contributed by atoms with Crippen LogP contribution in [0.25, 0.3) is 0 Å². The Kier molecular flexibility index (Phi) is 3.46. The van der Waals surface area contributed by atoms with Gasteiger partial charge in [0.2, 0.25) is 5.95 Å². The fraction of sp³-hybridized carbons (Fsp3) is 0.214. The van der Waals surface area contributed by atoms with Gasteiger partial charge in [-0.2, -0.15) is 0 Å². The maximum atomic E-state index is 13.0. The summed E-state index contributed by atoms with van der Waals surface area (Å²) < 4.78 is 15.0. The first-order valence-corrected chi connectivity index (χ1v) is 5.78. The number of aryl methyl sites for hydroxylation is 2. The van der Waals surface area contributed by atoms with Crippen molar-refractivity contribution in [3.63, 3.8) is 0 Å². The molecule has 4 heteroatoms. The molecule has 94 valence electrons. The number of hydrogen-bond donors (Lipinski definition) is 1. The van der Waals surface area contributed by atoms with Crippen LogP contribution in [0.4, 0.5) is 16.0 Å². The summed E-state index contributed by atoms with van der Waals surface area (Å²) in [5.41, 5.74) is 2.63. The molecule has 2 aromatic rings. The van der Waals surface area contributed by atoms with Gasteiger partial charge in [0.05, 0.1) is 5.69 Å². The Labute approximate surface area is 106 Å². The van der Waals surface area contributed by atoms with Crippen LogP contribution in [0.15, 0.2) is 37.1 Å². The SMILES string of the molecule is C=CCn1cc(C)nc1Nc1ccc(F)cc1C. The average molecular weight is 245 g/mol. The Morgan fingerprint density at radius 3 is 2.89 bits per heavy atom. The van der Waals surface area contributed by atoms with Gasteiger partial charge in [-0.15, -0.1) is 6.58 Å². The Morgan fingerprint density at radius 2 is 2.22 bits per heavy atom. The van der Waals surface area contributed by atoms with Crippen molar-refractivity contribution < 1.29 is 4.39 Å². The van der Waals surface area contributed by atoms with E-state index in [-0.39, 0.29) is 5.82 Å². The molecule has 1 aromatic carbocycles. The molecular formula is C14H16FN3. The number of hydrogen-bond acceptors (Lipinski definition) is 2. The summed E-state index contributed by atoms with van der Waals surface area (Å²) in [5.74, 6) is 0.505. The predicted octanol–water partition coefficient (Wildman–Crippen LogP) is 3.57. The number of imidazole rings is 1. The third-order valence-electron chi connectivity index (χ3n) is 2.66. The third-order valence-corrected chi connectivity index (χ3v) is 2.66. The van der Waals surface area contributed by atoms with Crippen LogP contribution in [0.5, 0.6) is 0 Å². The number of nitrogens with zero attached hydrogens (tertiary/aromatic N) is 2. The first kappa shape index (κ1) is 12.4. The minimum Gasteiger partial charge on any atom is -0.325 e. The van der Waals surface area contributed by atoms with E-state index in [1.807, 2.05) is 30.7 Å². The van der Waals surface area contributed by atoms with Crippen molar-refractivity contribution in [2.75, 3.05) is 5.32 Å². The van der Waals surface area contributed by atoms with Gasteiger partial charge in [-0.25, -0.2) is 9.37 Å². The molecule has 0 atom stereocenters. The lowest BCUT2D eigenvalue weighted by atomic mass is 10.2. The van der Waals surface area contributed by atoms with Crippen molar-refractivity contribution in [3.05, 3.63) is 54.1 Å². The van der Waals surface area contributed by atoms with Crippen molar-refractivity contribution in [1.82, 2.24) is 9.55 Å². The standard InChI is InChI=1S/C14H16FN3/c1-4-7-18-9-11(3)16-14(18)17-13-6-5-12(15)8-10(13)2/h4-6,8-9H,1,7H2,2-3H3,(H,16,17). The predicted molar refractivity (Wildman–Crippen MR) is 71.6 cm³/mol. The summed E-state index contributed by atoms with van der Waals surface area (Å²) in [7, 11) is 0. The van der Waals surface area contributed by atoms with Crippen molar-refractivity contribution in [2.24, 2.45) is 0 Å². The molecule has 0 aliphatic heterocycles. The molecular weight excluding hydrogens is 229 g/mol. The summed E-state index contributed by atoms with van der Waals surface area (Å²) in [6.45, 7) is 8.19. The number of nitrogens with one attached hydrogen (secondary N) is 1. The number of anilines is 2. The lowest BCUT2D eigenvalue weighted by Crippen LogP contribution is -2.03. The van der Waals surface area contributed by atoms with Gasteiger partial charge in [0, 0.05) is 18.4 Å². The molecule has 0 radical (unpaired) electrons. The minimum atomic E-state index is -0.233. The van der Waals surface area contributed by atoms with Crippen LogP contribution in [0.1, 0.15) is 11.3 Å². The molecule has 0 fully saturated rings. The quantitative estimate of drug-likeness (QED) is 0.834. The van der Waals surface area contributed by atoms with Crippen LogP contribution in [0.2, 0.25) is 0 Å². The highest BCUT2D eigenvalue weighted by Crippen LogP contribution is 2.21. The van der Waals surface area contributed by atoms with E-state index in [9.17, 15) is 4.39 Å². The molecule has 2 rings (SSSR count). The summed E-state index contributed by atoms with van der Waals surface area (Å²) in [5, 5.41) is 3.21. The monoisotopic (exact) mass is 245 g/mol. The van der Waals surface area contributed by atoms with Crippen molar-refractivity contribution in [2.45, 2.75) is 20.4 Å². The van der Waals surface area contributed by atoms with E-state index in [1.54, 1.807) is 6.07 Å². The highest BCUT2D eigenvalue weighted by Gasteiger charge is 2.06. The van der Waals surface area contributed by atoms with Gasteiger partial charge >= 0.3 is 0 Å². The fourth-order valence-corrected chi connectivity index (χ4v) is 1.81. The van der Waals surface area contributed by atoms with Crippen LogP contribution in [-0.2, 0) is 6.54 Å². The minimum absolute atomic E-state index is 0.233. The van der Waals surface area contributed by atoms with Gasteiger partial charge in [-0.1, -0.05) is 6.08 Å². The molecule has 0 saturated heterocycles. The zero-order chi connectivity index (χ0) is 13.1. The second-order valence-electron chi connectivity index (χ2n) is 4.23. The van der Waals surface area contributed by atoms with Crippen LogP contribution in [-0.4, -0.2) is 9.55 Å². The first-order valence-electron chi connectivity index (χ1n) is 5.78. The smallest absolute Gasteiger partial charge is 0.207 e. The lowest BCUT2D eigenvalue weighted by Gasteiger charge is -2.10. The molecule has 0 saturated carbocycles. The molecule has 0 aliphatic carbocycles. The van der Waals surface area contributed by atoms with E-state index in [0.717, 1.165) is 22.9 Å². The molecule has 0 aliphatic rings. The van der Waals surface area contributed by atoms with Crippen molar-refractivity contribution in [3.8, 4) is 0 Å². The van der Waals surface area contributed by atoms with Gasteiger partial charge < -0.3 is 9.88 Å². The maximum Gasteiger partial charge on any atom is 0.207 e. The molecule has 0 bridgehead atoms. The second-order valence-corrected chi connectivity index (χ2v) is 4.23. The van der Waals surface area contributed by atoms with Gasteiger partial charge in [0.15, 0.2) is 0 Å². The first-order chi connectivity index (χ1) is 8.60. The Hall–Kier alpha value is -2.10. The Morgan fingerprint density at radius 1 is 1.44 bits per heavy atom. The molecule has 3 nitrogen and oxygen atoms in total. The van der Waals surface area contributed by atoms with Gasteiger partial charge in [-0.3, -0.25) is 0 Å². The Bertz CT molecular complexity index is 572. The largest absolute Gasteiger partial charge is 0.325 e. The molecule has 1 heterocycles. The average Bonchev–Trinajstić information content (AvgIpc) is 2.64. The van der Waals surface area contributed by atoms with Gasteiger partial charge in [0.1, 0.15) is 5.82 Å². The second kappa shape index (κ2) is 5.04. The maximum absolute atomic E-state index is 13.0. The third kappa shape index (κ3) is 2.59. The molecule has 1 N–H and O–H groups in total. The van der Waals surface area contributed by atoms with Crippen molar-refractivity contribution in [1.29, 1.82) is 0 Å². The van der Waals surface area contributed by atoms with Crippen LogP contribution in [0.3, 0.4) is 0 Å². The summed E-state index contributed by atoms with van der Waals surface area (Å²) in [4.78, 5) is 4.40. The van der Waals surface area contributed by atoms with E-state index in [1.165, 1.54) is 12.1 Å². The fourth-order valence-electron chi connectivity index (χ4n) is 1.81. The number of allylic oxidation sites excluding steroid dienone is 1. The van der Waals surface area contributed by atoms with E-state index in [2.05, 4.69) is 16.9 Å². The van der Waals surface area contributed by atoms with Gasteiger partial charge in [-0.05, 0) is 37.6 Å². The van der Waals surface area contributed by atoms with Crippen LogP contribution in [0, 0.1) is 19.7 Å². The topological polar surface area (TPSA) is 29.9 Å². The normalized spacial score (nSPS) is 10.4. The zero-order valence-corrected chi connectivity index (χ0v) is 10.6. The highest BCUT2D eigenvalue weighted by molar-refractivity contribution is 5.58. The number of benzene rings is 1. The summed E-state index contributed by atoms with van der Waals surface area (Å²) in [6.07, 6.45) is 3.76. The Balaban J connectivity index is 2.30. The van der Waals surface area contributed by atoms with E-state index in [0.29, 0.717) is 6.54 Å². The van der Waals surface area contributed by atoms with Crippen molar-refractivity contribution >= 4 is 11.6 Å². The molecule has 0 amide bonds. The summed E-state index contributed by atoms with van der Waals surface area (Å²) >= 11 is 0. The molecule has 1 aromatic heterocycles. The molecule has 0 unspecified atom stereocenters. The highest BCUT2D eigenvalue weighted by atomic mass is 19.1. The number of aromatic nitrogens is 2. The van der Waals surface area contributed by atoms with E-state index >= 15 is 0 Å². The summed E-state index contributed by atoms with van der Waals surface area (Å²) in [6, 6.07) is 4.64. The van der Waals surface area contributed by atoms with Gasteiger partial charge in [0.25, 0.3) is 0 Å². The zero-order valence-electron chi connectivity index (χ0n) is 10.6. The van der Waals surface area contributed by atoms with Crippen LogP contribution >= 0.6 is 0 Å². The van der Waals surface area contributed by atoms with Crippen LogP contribution < -0.4 is 5.32 Å². The molecule has 0 spiro atoms. The number of halogens is 1. The lowest BCUT2D eigenvalue weighted by molar-refractivity contribution is 0.627. The van der Waals surface area contributed by atoms with E-state index < -0.39 is 0 Å². The van der Waals surface area contributed by atoms with E-state index in [4.69, 9.17) is 0 Å². The number of rotatable bonds is 4. The molecule has 18 heavy (non-hydrogen) atoms.